The fourth-order valence-electron chi connectivity index (χ4n) is 1.26. The minimum absolute atomic E-state index is 0.340. The lowest BCUT2D eigenvalue weighted by Crippen LogP contribution is -2.23. The third kappa shape index (κ3) is 1.05. The molecule has 1 heterocycles. The zero-order valence-corrected chi connectivity index (χ0v) is 7.38. The van der Waals surface area contributed by atoms with E-state index in [0.29, 0.717) is 23.3 Å². The first-order chi connectivity index (χ1) is 6.25. The molecule has 13 heavy (non-hydrogen) atoms. The van der Waals surface area contributed by atoms with Gasteiger partial charge >= 0.3 is 0 Å². The summed E-state index contributed by atoms with van der Waals surface area (Å²) in [6, 6.07) is 6.67. The molecule has 2 amide bonds. The molecule has 4 nitrogen and oxygen atoms in total. The summed E-state index contributed by atoms with van der Waals surface area (Å²) in [6.07, 6.45) is 0. The molecule has 0 aromatic heterocycles. The van der Waals surface area contributed by atoms with Gasteiger partial charge in [-0.2, -0.15) is 0 Å². The maximum atomic E-state index is 11.4. The van der Waals surface area contributed by atoms with E-state index in [2.05, 4.69) is 0 Å². The number of amides is 2. The maximum Gasteiger partial charge on any atom is 0.272 e. The lowest BCUT2D eigenvalue weighted by atomic mass is 10.1. The van der Waals surface area contributed by atoms with Gasteiger partial charge in [-0.3, -0.25) is 14.7 Å². The molecule has 0 spiro atoms. The van der Waals surface area contributed by atoms with Gasteiger partial charge in [0, 0.05) is 12.1 Å². The molecular weight excluding hydrogens is 188 g/mol. The van der Waals surface area contributed by atoms with Gasteiger partial charge in [-0.15, -0.1) is 0 Å². The highest BCUT2D eigenvalue weighted by Crippen LogP contribution is 2.25. The number of benzene rings is 1. The Kier molecular flexibility index (Phi) is 1.82. The van der Waals surface area contributed by atoms with Crippen LogP contribution in [-0.4, -0.2) is 16.1 Å². The largest absolute Gasteiger partial charge is 0.272 e. The topological polar surface area (TPSA) is 63.4 Å². The van der Waals surface area contributed by atoms with E-state index >= 15 is 0 Å². The van der Waals surface area contributed by atoms with Crippen LogP contribution in [0.15, 0.2) is 24.3 Å². The van der Waals surface area contributed by atoms with Crippen molar-refractivity contribution in [3.8, 4) is 0 Å². The van der Waals surface area contributed by atoms with E-state index in [1.807, 2.05) is 0 Å². The number of rotatable bonds is 1. The van der Waals surface area contributed by atoms with E-state index in [1.54, 1.807) is 24.3 Å². The quantitative estimate of drug-likeness (QED) is 0.530. The van der Waals surface area contributed by atoms with Crippen molar-refractivity contribution in [2.45, 2.75) is 0 Å². The fourth-order valence-corrected chi connectivity index (χ4v) is 1.65. The average molecular weight is 194 g/mol. The van der Waals surface area contributed by atoms with Crippen molar-refractivity contribution >= 4 is 23.9 Å². The number of carbonyl (C=O) groups excluding carboxylic acids is 2. The molecule has 0 unspecified atom stereocenters. The Bertz CT molecular complexity index is 356. The Hall–Kier alpha value is -1.33. The molecule has 66 valence electrons. The van der Waals surface area contributed by atoms with Crippen LogP contribution in [0.4, 0.5) is 0 Å². The molecule has 1 aromatic rings. The van der Waals surface area contributed by atoms with E-state index in [9.17, 15) is 9.59 Å². The van der Waals surface area contributed by atoms with Gasteiger partial charge in [-0.1, -0.05) is 12.1 Å². The van der Waals surface area contributed by atoms with Gasteiger partial charge in [0.15, 0.2) is 0 Å². The van der Waals surface area contributed by atoms with Crippen LogP contribution in [0.2, 0.25) is 0 Å². The fraction of sp³-hybridized carbons (Fsp3) is 0. The Morgan fingerprint density at radius 2 is 1.54 bits per heavy atom. The summed E-state index contributed by atoms with van der Waals surface area (Å²) in [5, 5.41) is 5.19. The highest BCUT2D eigenvalue weighted by molar-refractivity contribution is 7.95. The van der Waals surface area contributed by atoms with E-state index in [-0.39, 0.29) is 11.8 Å². The summed E-state index contributed by atoms with van der Waals surface area (Å²) in [5.41, 5.74) is 0.843. The molecule has 1 aliphatic rings. The molecule has 0 aliphatic carbocycles. The number of nitrogens with two attached hydrogens (primary N) is 1. The van der Waals surface area contributed by atoms with E-state index in [4.69, 9.17) is 5.14 Å². The molecule has 0 saturated carbocycles. The van der Waals surface area contributed by atoms with Crippen LogP contribution in [-0.2, 0) is 0 Å². The van der Waals surface area contributed by atoms with Crippen LogP contribution in [0.25, 0.3) is 0 Å². The maximum absolute atomic E-state index is 11.4. The molecule has 1 aromatic carbocycles. The normalized spacial score (nSPS) is 15.0. The Morgan fingerprint density at radius 1 is 1.08 bits per heavy atom. The standard InChI is InChI=1S/C8H6N2O2S/c9-13-10-7(11)5-3-1-2-4-6(5)8(10)12/h1-4H,9H2. The minimum Gasteiger partial charge on any atom is -0.268 e. The number of imide groups is 1. The lowest BCUT2D eigenvalue weighted by Gasteiger charge is -2.05. The van der Waals surface area contributed by atoms with E-state index in [0.717, 1.165) is 4.31 Å². The van der Waals surface area contributed by atoms with Crippen molar-refractivity contribution in [1.82, 2.24) is 4.31 Å². The zero-order chi connectivity index (χ0) is 9.42. The summed E-state index contributed by atoms with van der Waals surface area (Å²) < 4.78 is 0.949. The summed E-state index contributed by atoms with van der Waals surface area (Å²) in [4.78, 5) is 22.9. The first-order valence-electron chi connectivity index (χ1n) is 3.60. The Labute approximate surface area is 79.0 Å². The lowest BCUT2D eigenvalue weighted by molar-refractivity contribution is 0.0777. The summed E-state index contributed by atoms with van der Waals surface area (Å²) >= 11 is 0.639. The van der Waals surface area contributed by atoms with Gasteiger partial charge < -0.3 is 0 Å². The highest BCUT2D eigenvalue weighted by atomic mass is 32.2. The number of hydrogen-bond donors (Lipinski definition) is 1. The molecule has 0 bridgehead atoms. The second kappa shape index (κ2) is 2.86. The molecule has 0 fully saturated rings. The van der Waals surface area contributed by atoms with Crippen molar-refractivity contribution in [2.75, 3.05) is 0 Å². The molecule has 2 rings (SSSR count). The SMILES string of the molecule is NSN1C(=O)c2ccccc2C1=O. The van der Waals surface area contributed by atoms with Gasteiger partial charge in [-0.05, 0) is 12.1 Å². The summed E-state index contributed by atoms with van der Waals surface area (Å²) in [7, 11) is 0. The van der Waals surface area contributed by atoms with Crippen LogP contribution in [0.1, 0.15) is 20.7 Å². The van der Waals surface area contributed by atoms with Gasteiger partial charge in [0.1, 0.15) is 0 Å². The first-order valence-corrected chi connectivity index (χ1v) is 4.44. The second-order valence-corrected chi connectivity index (χ2v) is 3.13. The number of hydrogen-bond acceptors (Lipinski definition) is 4. The molecule has 0 radical (unpaired) electrons. The predicted octanol–water partition coefficient (Wildman–Crippen LogP) is 0.805. The van der Waals surface area contributed by atoms with Crippen molar-refractivity contribution in [3.05, 3.63) is 35.4 Å². The first kappa shape index (κ1) is 8.28. The Balaban J connectivity index is 2.57. The van der Waals surface area contributed by atoms with Crippen LogP contribution in [0.3, 0.4) is 0 Å². The second-order valence-electron chi connectivity index (χ2n) is 2.56. The van der Waals surface area contributed by atoms with E-state index < -0.39 is 0 Å². The van der Waals surface area contributed by atoms with Crippen molar-refractivity contribution in [2.24, 2.45) is 5.14 Å². The van der Waals surface area contributed by atoms with Gasteiger partial charge in [0.05, 0.1) is 11.1 Å². The van der Waals surface area contributed by atoms with Gasteiger partial charge in [-0.25, -0.2) is 4.31 Å². The van der Waals surface area contributed by atoms with Crippen molar-refractivity contribution in [3.63, 3.8) is 0 Å². The molecule has 5 heteroatoms. The Morgan fingerprint density at radius 3 is 1.92 bits per heavy atom. The van der Waals surface area contributed by atoms with Gasteiger partial charge in [0.25, 0.3) is 11.8 Å². The van der Waals surface area contributed by atoms with Crippen molar-refractivity contribution in [1.29, 1.82) is 0 Å². The number of carbonyl (C=O) groups is 2. The highest BCUT2D eigenvalue weighted by Gasteiger charge is 2.35. The summed E-state index contributed by atoms with van der Waals surface area (Å²) in [6.45, 7) is 0. The zero-order valence-electron chi connectivity index (χ0n) is 6.56. The predicted molar refractivity (Wildman–Crippen MR) is 48.7 cm³/mol. The van der Waals surface area contributed by atoms with Crippen LogP contribution in [0, 0.1) is 0 Å². The molecule has 0 saturated heterocycles. The average Bonchev–Trinajstić information content (AvgIpc) is 2.41. The van der Waals surface area contributed by atoms with Crippen LogP contribution < -0.4 is 5.14 Å². The van der Waals surface area contributed by atoms with E-state index in [1.165, 1.54) is 0 Å². The number of fused-ring (bicyclic) bond motifs is 1. The molecule has 2 N–H and O–H groups in total. The smallest absolute Gasteiger partial charge is 0.268 e. The summed E-state index contributed by atoms with van der Waals surface area (Å²) in [5.74, 6) is -0.679. The third-order valence-corrected chi connectivity index (χ3v) is 2.40. The third-order valence-electron chi connectivity index (χ3n) is 1.86. The van der Waals surface area contributed by atoms with Crippen LogP contribution >= 0.6 is 12.1 Å². The monoisotopic (exact) mass is 194 g/mol. The van der Waals surface area contributed by atoms with Gasteiger partial charge in [0.2, 0.25) is 0 Å². The molecular formula is C8H6N2O2S. The van der Waals surface area contributed by atoms with Crippen LogP contribution in [0.5, 0.6) is 0 Å². The molecule has 1 aliphatic heterocycles. The molecule has 0 atom stereocenters. The van der Waals surface area contributed by atoms with Crippen molar-refractivity contribution < 1.29 is 9.59 Å². The minimum atomic E-state index is -0.340. The number of nitrogens with zero attached hydrogens (tertiary/aromatic N) is 1.